The van der Waals surface area contributed by atoms with E-state index in [1.54, 1.807) is 33.5 Å². The number of aromatic amines is 1. The molecule has 2 rings (SSSR count). The number of carboxylic acids is 1. The van der Waals surface area contributed by atoms with Crippen molar-refractivity contribution in [3.8, 4) is 22.8 Å². The average Bonchev–Trinajstić information content (AvgIpc) is 2.97. The van der Waals surface area contributed by atoms with Gasteiger partial charge in [-0.15, -0.1) is 0 Å². The third-order valence-electron chi connectivity index (χ3n) is 3.00. The van der Waals surface area contributed by atoms with Gasteiger partial charge < -0.3 is 19.3 Å². The SMILES string of the molecule is COCc1c(OC)cc(-c2cc(C(=O)O)[nH]n2)cc1OC. The topological polar surface area (TPSA) is 93.7 Å². The molecular formula is C14H16N2O5. The number of rotatable bonds is 6. The predicted molar refractivity (Wildman–Crippen MR) is 74.8 cm³/mol. The molecule has 1 heterocycles. The van der Waals surface area contributed by atoms with Crippen molar-refractivity contribution in [3.05, 3.63) is 29.5 Å². The van der Waals surface area contributed by atoms with Gasteiger partial charge in [0.25, 0.3) is 0 Å². The van der Waals surface area contributed by atoms with Crippen molar-refractivity contribution < 1.29 is 24.1 Å². The number of aromatic carboxylic acids is 1. The van der Waals surface area contributed by atoms with Crippen LogP contribution < -0.4 is 9.47 Å². The minimum absolute atomic E-state index is 0.0175. The lowest BCUT2D eigenvalue weighted by Gasteiger charge is -2.14. The normalized spacial score (nSPS) is 10.4. The smallest absolute Gasteiger partial charge is 0.353 e. The molecule has 0 atom stereocenters. The number of hydrogen-bond acceptors (Lipinski definition) is 5. The quantitative estimate of drug-likeness (QED) is 0.845. The van der Waals surface area contributed by atoms with Gasteiger partial charge in [0.2, 0.25) is 0 Å². The first-order chi connectivity index (χ1) is 10.1. The Hall–Kier alpha value is -2.54. The molecule has 0 saturated heterocycles. The van der Waals surface area contributed by atoms with Gasteiger partial charge in [0.05, 0.1) is 32.1 Å². The third kappa shape index (κ3) is 2.97. The van der Waals surface area contributed by atoms with Crippen molar-refractivity contribution in [2.24, 2.45) is 0 Å². The van der Waals surface area contributed by atoms with Gasteiger partial charge >= 0.3 is 5.97 Å². The van der Waals surface area contributed by atoms with Crippen molar-refractivity contribution >= 4 is 5.97 Å². The zero-order valence-electron chi connectivity index (χ0n) is 12.0. The van der Waals surface area contributed by atoms with Crippen molar-refractivity contribution in [1.82, 2.24) is 10.2 Å². The van der Waals surface area contributed by atoms with Crippen LogP contribution in [-0.4, -0.2) is 42.6 Å². The second-order valence-corrected chi connectivity index (χ2v) is 4.26. The highest BCUT2D eigenvalue weighted by molar-refractivity contribution is 5.87. The number of carboxylic acid groups (broad SMARTS) is 1. The first kappa shape index (κ1) is 14.9. The molecule has 0 aliphatic carbocycles. The van der Waals surface area contributed by atoms with Crippen molar-refractivity contribution in [2.75, 3.05) is 21.3 Å². The maximum atomic E-state index is 10.9. The number of hydrogen-bond donors (Lipinski definition) is 2. The van der Waals surface area contributed by atoms with E-state index in [4.69, 9.17) is 19.3 Å². The van der Waals surface area contributed by atoms with E-state index in [-0.39, 0.29) is 5.69 Å². The minimum atomic E-state index is -1.07. The van der Waals surface area contributed by atoms with E-state index in [2.05, 4.69) is 10.2 Å². The van der Waals surface area contributed by atoms with Crippen LogP contribution >= 0.6 is 0 Å². The van der Waals surface area contributed by atoms with Gasteiger partial charge in [-0.3, -0.25) is 5.10 Å². The second-order valence-electron chi connectivity index (χ2n) is 4.26. The molecule has 1 aromatic carbocycles. The highest BCUT2D eigenvalue weighted by Crippen LogP contribution is 2.35. The summed E-state index contributed by atoms with van der Waals surface area (Å²) in [5.74, 6) is 0.112. The Morgan fingerprint density at radius 2 is 1.81 bits per heavy atom. The molecule has 0 amide bonds. The fraction of sp³-hybridized carbons (Fsp3) is 0.286. The monoisotopic (exact) mass is 292 g/mol. The Morgan fingerprint density at radius 3 is 2.24 bits per heavy atom. The predicted octanol–water partition coefficient (Wildman–Crippen LogP) is 1.94. The zero-order valence-corrected chi connectivity index (χ0v) is 12.0. The summed E-state index contributed by atoms with van der Waals surface area (Å²) in [6.07, 6.45) is 0. The van der Waals surface area contributed by atoms with E-state index in [0.717, 1.165) is 5.56 Å². The molecule has 2 aromatic rings. The number of H-pyrrole nitrogens is 1. The van der Waals surface area contributed by atoms with E-state index in [1.165, 1.54) is 6.07 Å². The van der Waals surface area contributed by atoms with Crippen LogP contribution in [-0.2, 0) is 11.3 Å². The number of methoxy groups -OCH3 is 3. The molecule has 0 bridgehead atoms. The largest absolute Gasteiger partial charge is 0.496 e. The van der Waals surface area contributed by atoms with E-state index in [1.807, 2.05) is 0 Å². The summed E-state index contributed by atoms with van der Waals surface area (Å²) >= 11 is 0. The van der Waals surface area contributed by atoms with Crippen LogP contribution in [0.15, 0.2) is 18.2 Å². The molecule has 1 aromatic heterocycles. The van der Waals surface area contributed by atoms with Crippen LogP contribution in [0.25, 0.3) is 11.3 Å². The molecule has 2 N–H and O–H groups in total. The summed E-state index contributed by atoms with van der Waals surface area (Å²) in [5.41, 5.74) is 1.98. The average molecular weight is 292 g/mol. The number of nitrogens with one attached hydrogen (secondary N) is 1. The Bertz CT molecular complexity index is 626. The van der Waals surface area contributed by atoms with Crippen molar-refractivity contribution in [1.29, 1.82) is 0 Å². The molecule has 0 radical (unpaired) electrons. The number of nitrogens with zero attached hydrogens (tertiary/aromatic N) is 1. The number of benzene rings is 1. The molecule has 0 spiro atoms. The molecule has 21 heavy (non-hydrogen) atoms. The first-order valence-electron chi connectivity index (χ1n) is 6.13. The third-order valence-corrected chi connectivity index (χ3v) is 3.00. The lowest BCUT2D eigenvalue weighted by molar-refractivity contribution is 0.0690. The van der Waals surface area contributed by atoms with Gasteiger partial charge in [-0.05, 0) is 18.2 Å². The molecule has 0 saturated carbocycles. The van der Waals surface area contributed by atoms with E-state index < -0.39 is 5.97 Å². The van der Waals surface area contributed by atoms with Gasteiger partial charge in [0, 0.05) is 12.7 Å². The molecule has 112 valence electrons. The first-order valence-corrected chi connectivity index (χ1v) is 6.13. The summed E-state index contributed by atoms with van der Waals surface area (Å²) in [6, 6.07) is 4.98. The van der Waals surface area contributed by atoms with Crippen LogP contribution in [0, 0.1) is 0 Å². The summed E-state index contributed by atoms with van der Waals surface area (Å²) in [5, 5.41) is 15.4. The maximum Gasteiger partial charge on any atom is 0.353 e. The molecule has 7 heteroatoms. The van der Waals surface area contributed by atoms with Gasteiger partial charge in [-0.2, -0.15) is 5.10 Å². The van der Waals surface area contributed by atoms with Gasteiger partial charge in [0.15, 0.2) is 0 Å². The number of aromatic nitrogens is 2. The lowest BCUT2D eigenvalue weighted by Crippen LogP contribution is -1.99. The molecule has 7 nitrogen and oxygen atoms in total. The van der Waals surface area contributed by atoms with E-state index in [0.29, 0.717) is 29.4 Å². The molecule has 0 unspecified atom stereocenters. The molecule has 0 aliphatic rings. The Kier molecular flexibility index (Phi) is 4.44. The molecular weight excluding hydrogens is 276 g/mol. The lowest BCUT2D eigenvalue weighted by atomic mass is 10.1. The summed E-state index contributed by atoms with van der Waals surface area (Å²) < 4.78 is 15.8. The molecule has 0 aliphatic heterocycles. The molecule has 0 fully saturated rings. The zero-order chi connectivity index (χ0) is 15.4. The number of ether oxygens (including phenoxy) is 3. The fourth-order valence-corrected chi connectivity index (χ4v) is 2.00. The van der Waals surface area contributed by atoms with E-state index in [9.17, 15) is 4.79 Å². The highest BCUT2D eigenvalue weighted by atomic mass is 16.5. The maximum absolute atomic E-state index is 10.9. The van der Waals surface area contributed by atoms with Crippen molar-refractivity contribution in [3.63, 3.8) is 0 Å². The van der Waals surface area contributed by atoms with Gasteiger partial charge in [-0.1, -0.05) is 0 Å². The van der Waals surface area contributed by atoms with E-state index >= 15 is 0 Å². The van der Waals surface area contributed by atoms with Crippen LogP contribution in [0.5, 0.6) is 11.5 Å². The van der Waals surface area contributed by atoms with Gasteiger partial charge in [-0.25, -0.2) is 4.79 Å². The number of carbonyl (C=O) groups is 1. The Morgan fingerprint density at radius 1 is 1.19 bits per heavy atom. The highest BCUT2D eigenvalue weighted by Gasteiger charge is 2.16. The standard InChI is InChI=1S/C14H16N2O5/c1-19-7-9-12(20-2)4-8(5-13(9)21-3)10-6-11(14(17)18)16-15-10/h4-6H,7H2,1-3H3,(H,15,16)(H,17,18). The second kappa shape index (κ2) is 6.27. The van der Waals surface area contributed by atoms with Crippen LogP contribution in [0.1, 0.15) is 16.1 Å². The van der Waals surface area contributed by atoms with Crippen LogP contribution in [0.3, 0.4) is 0 Å². The summed E-state index contributed by atoms with van der Waals surface area (Å²) in [7, 11) is 4.68. The Labute approximate surface area is 121 Å². The van der Waals surface area contributed by atoms with Crippen LogP contribution in [0.4, 0.5) is 0 Å². The Balaban J connectivity index is 2.51. The fourth-order valence-electron chi connectivity index (χ4n) is 2.00. The van der Waals surface area contributed by atoms with Gasteiger partial charge in [0.1, 0.15) is 17.2 Å². The summed E-state index contributed by atoms with van der Waals surface area (Å²) in [6.45, 7) is 0.341. The summed E-state index contributed by atoms with van der Waals surface area (Å²) in [4.78, 5) is 10.9. The van der Waals surface area contributed by atoms with Crippen LogP contribution in [0.2, 0.25) is 0 Å². The van der Waals surface area contributed by atoms with Crippen molar-refractivity contribution in [2.45, 2.75) is 6.61 Å². The minimum Gasteiger partial charge on any atom is -0.496 e.